The molecule has 5 nitrogen and oxygen atoms in total. The topological polar surface area (TPSA) is 64.0 Å². The summed E-state index contributed by atoms with van der Waals surface area (Å²) in [5, 5.41) is 4.51. The number of hydrogen-bond acceptors (Lipinski definition) is 5. The first-order valence-corrected chi connectivity index (χ1v) is 12.2. The monoisotopic (exact) mass is 441 g/mol. The van der Waals surface area contributed by atoms with Crippen LogP contribution in [0.25, 0.3) is 10.2 Å². The molecule has 3 aromatic rings. The van der Waals surface area contributed by atoms with Crippen molar-refractivity contribution in [3.8, 4) is 0 Å². The van der Waals surface area contributed by atoms with Crippen molar-refractivity contribution in [1.29, 1.82) is 0 Å². The number of nitrogens with zero attached hydrogens (tertiary/aromatic N) is 2. The fraction of sp³-hybridized carbons (Fsp3) is 0.435. The van der Waals surface area contributed by atoms with Gasteiger partial charge in [-0.3, -0.25) is 14.2 Å². The lowest BCUT2D eigenvalue weighted by molar-refractivity contribution is -0.119. The van der Waals surface area contributed by atoms with E-state index in [2.05, 4.69) is 23.5 Å². The first-order chi connectivity index (χ1) is 14.4. The van der Waals surface area contributed by atoms with E-state index < -0.39 is 0 Å². The molecule has 158 valence electrons. The van der Waals surface area contributed by atoms with Gasteiger partial charge in [0, 0.05) is 10.9 Å². The fourth-order valence-electron chi connectivity index (χ4n) is 4.11. The van der Waals surface area contributed by atoms with Crippen molar-refractivity contribution < 1.29 is 4.79 Å². The maximum Gasteiger partial charge on any atom is 0.263 e. The highest BCUT2D eigenvalue weighted by atomic mass is 32.2. The number of aryl methyl sites for hydroxylation is 3. The molecule has 4 rings (SSSR count). The van der Waals surface area contributed by atoms with Crippen LogP contribution in [-0.2, 0) is 11.2 Å². The van der Waals surface area contributed by atoms with Crippen LogP contribution in [0.5, 0.6) is 0 Å². The maximum atomic E-state index is 13.1. The Labute approximate surface area is 184 Å². The molecule has 1 aliphatic rings. The van der Waals surface area contributed by atoms with Gasteiger partial charge in [0.15, 0.2) is 5.16 Å². The number of nitrogens with one attached hydrogen (secondary N) is 1. The first kappa shape index (κ1) is 21.1. The third-order valence-corrected chi connectivity index (χ3v) is 7.81. The van der Waals surface area contributed by atoms with Gasteiger partial charge in [0.2, 0.25) is 5.91 Å². The molecule has 7 heteroatoms. The summed E-state index contributed by atoms with van der Waals surface area (Å²) in [5.74, 6) is 0.219. The molecule has 1 aliphatic carbocycles. The lowest BCUT2D eigenvalue weighted by Gasteiger charge is -2.26. The predicted octanol–water partition coefficient (Wildman–Crippen LogP) is 4.94. The van der Waals surface area contributed by atoms with Crippen molar-refractivity contribution in [3.05, 3.63) is 56.2 Å². The van der Waals surface area contributed by atoms with Crippen LogP contribution in [0, 0.1) is 13.8 Å². The second-order valence-electron chi connectivity index (χ2n) is 8.13. The number of carbonyl (C=O) groups excluding carboxylic acids is 1. The summed E-state index contributed by atoms with van der Waals surface area (Å²) in [6.45, 7) is 7.95. The zero-order chi connectivity index (χ0) is 21.4. The largest absolute Gasteiger partial charge is 0.349 e. The predicted molar refractivity (Wildman–Crippen MR) is 125 cm³/mol. The number of amides is 1. The summed E-state index contributed by atoms with van der Waals surface area (Å²) in [7, 11) is 0. The molecule has 1 aromatic carbocycles. The second kappa shape index (κ2) is 8.55. The second-order valence-corrected chi connectivity index (χ2v) is 10.3. The molecule has 2 aromatic heterocycles. The molecule has 0 fully saturated rings. The van der Waals surface area contributed by atoms with Crippen LogP contribution in [-0.4, -0.2) is 21.2 Å². The SMILES string of the molecule is Cc1sc2nc(SCC(=O)NC3CCCc4ccccc43)n(C(C)C)c(=O)c2c1C. The van der Waals surface area contributed by atoms with Crippen LogP contribution in [0.3, 0.4) is 0 Å². The van der Waals surface area contributed by atoms with Crippen molar-refractivity contribution in [2.45, 2.75) is 64.2 Å². The molecular formula is C23H27N3O2S2. The zero-order valence-corrected chi connectivity index (χ0v) is 19.5. The quantitative estimate of drug-likeness (QED) is 0.450. The van der Waals surface area contributed by atoms with Gasteiger partial charge in [0.25, 0.3) is 5.56 Å². The summed E-state index contributed by atoms with van der Waals surface area (Å²) in [6, 6.07) is 8.38. The number of fused-ring (bicyclic) bond motifs is 2. The number of thioether (sulfide) groups is 1. The molecule has 2 heterocycles. The van der Waals surface area contributed by atoms with Crippen molar-refractivity contribution in [2.24, 2.45) is 0 Å². The third-order valence-electron chi connectivity index (χ3n) is 5.76. The highest BCUT2D eigenvalue weighted by Crippen LogP contribution is 2.31. The van der Waals surface area contributed by atoms with Gasteiger partial charge < -0.3 is 5.32 Å². The number of carbonyl (C=O) groups is 1. The van der Waals surface area contributed by atoms with E-state index in [-0.39, 0.29) is 29.3 Å². The highest BCUT2D eigenvalue weighted by Gasteiger charge is 2.23. The van der Waals surface area contributed by atoms with Crippen molar-refractivity contribution in [1.82, 2.24) is 14.9 Å². The number of benzene rings is 1. The lowest BCUT2D eigenvalue weighted by Crippen LogP contribution is -2.32. The summed E-state index contributed by atoms with van der Waals surface area (Å²) < 4.78 is 1.72. The minimum Gasteiger partial charge on any atom is -0.349 e. The van der Waals surface area contributed by atoms with Crippen LogP contribution in [0.1, 0.15) is 60.3 Å². The Bertz CT molecular complexity index is 1160. The minimum atomic E-state index is -0.0233. The van der Waals surface area contributed by atoms with Gasteiger partial charge in [0.1, 0.15) is 4.83 Å². The van der Waals surface area contributed by atoms with Crippen molar-refractivity contribution >= 4 is 39.2 Å². The molecule has 1 unspecified atom stereocenters. The van der Waals surface area contributed by atoms with Crippen LogP contribution in [0.2, 0.25) is 0 Å². The van der Waals surface area contributed by atoms with E-state index in [1.807, 2.05) is 33.8 Å². The molecule has 0 aliphatic heterocycles. The Balaban J connectivity index is 1.54. The maximum absolute atomic E-state index is 13.1. The van der Waals surface area contributed by atoms with E-state index >= 15 is 0 Å². The molecule has 0 saturated heterocycles. The Kier molecular flexibility index (Phi) is 6.02. The normalized spacial score (nSPS) is 16.1. The molecule has 0 bridgehead atoms. The first-order valence-electron chi connectivity index (χ1n) is 10.4. The molecule has 1 atom stereocenters. The van der Waals surface area contributed by atoms with Gasteiger partial charge in [-0.15, -0.1) is 11.3 Å². The number of hydrogen-bond donors (Lipinski definition) is 1. The van der Waals surface area contributed by atoms with E-state index in [4.69, 9.17) is 4.98 Å². The highest BCUT2D eigenvalue weighted by molar-refractivity contribution is 7.99. The Morgan fingerprint density at radius 1 is 1.33 bits per heavy atom. The van der Waals surface area contributed by atoms with E-state index in [9.17, 15) is 9.59 Å². The van der Waals surface area contributed by atoms with E-state index in [1.165, 1.54) is 22.9 Å². The van der Waals surface area contributed by atoms with Gasteiger partial charge in [0.05, 0.1) is 17.2 Å². The van der Waals surface area contributed by atoms with Crippen LogP contribution < -0.4 is 10.9 Å². The molecule has 1 amide bonds. The van der Waals surface area contributed by atoms with E-state index in [0.717, 1.165) is 34.5 Å². The average molecular weight is 442 g/mol. The smallest absolute Gasteiger partial charge is 0.263 e. The van der Waals surface area contributed by atoms with Gasteiger partial charge in [-0.25, -0.2) is 4.98 Å². The van der Waals surface area contributed by atoms with Crippen LogP contribution >= 0.6 is 23.1 Å². The summed E-state index contributed by atoms with van der Waals surface area (Å²) in [6.07, 6.45) is 3.11. The zero-order valence-electron chi connectivity index (χ0n) is 17.8. The lowest BCUT2D eigenvalue weighted by atomic mass is 9.88. The van der Waals surface area contributed by atoms with E-state index in [1.54, 1.807) is 15.9 Å². The van der Waals surface area contributed by atoms with Gasteiger partial charge in [-0.05, 0) is 63.6 Å². The molecule has 0 spiro atoms. The van der Waals surface area contributed by atoms with Gasteiger partial charge >= 0.3 is 0 Å². The number of aromatic nitrogens is 2. The molecule has 0 saturated carbocycles. The van der Waals surface area contributed by atoms with Gasteiger partial charge in [-0.1, -0.05) is 36.0 Å². The Hall–Kier alpha value is -2.12. The summed E-state index contributed by atoms with van der Waals surface area (Å²) >= 11 is 2.89. The summed E-state index contributed by atoms with van der Waals surface area (Å²) in [4.78, 5) is 32.5. The van der Waals surface area contributed by atoms with Crippen molar-refractivity contribution in [3.63, 3.8) is 0 Å². The number of thiophene rings is 1. The molecule has 0 radical (unpaired) electrons. The van der Waals surface area contributed by atoms with Gasteiger partial charge in [-0.2, -0.15) is 0 Å². The van der Waals surface area contributed by atoms with Crippen LogP contribution in [0.4, 0.5) is 0 Å². The Morgan fingerprint density at radius 2 is 2.10 bits per heavy atom. The number of rotatable bonds is 5. The standard InChI is InChI=1S/C23H27N3O2S2/c1-13(2)26-22(28)20-14(3)15(4)30-21(20)25-23(26)29-12-19(27)24-18-11-7-9-16-8-5-6-10-17(16)18/h5-6,8,10,13,18H,7,9,11-12H2,1-4H3,(H,24,27). The van der Waals surface area contributed by atoms with E-state index in [0.29, 0.717) is 10.5 Å². The summed E-state index contributed by atoms with van der Waals surface area (Å²) in [5.41, 5.74) is 3.55. The average Bonchev–Trinajstić information content (AvgIpc) is 3.00. The molecule has 1 N–H and O–H groups in total. The third kappa shape index (κ3) is 3.93. The molecule has 30 heavy (non-hydrogen) atoms. The molecular weight excluding hydrogens is 414 g/mol. The minimum absolute atomic E-state index is 0.0130. The fourth-order valence-corrected chi connectivity index (χ4v) is 6.12. The Morgan fingerprint density at radius 3 is 2.87 bits per heavy atom. The van der Waals surface area contributed by atoms with Crippen LogP contribution in [0.15, 0.2) is 34.2 Å². The van der Waals surface area contributed by atoms with Crippen molar-refractivity contribution in [2.75, 3.05) is 5.75 Å².